The third kappa shape index (κ3) is 3.01. The molecule has 7 heteroatoms. The van der Waals surface area contributed by atoms with E-state index in [-0.39, 0.29) is 12.1 Å². The van der Waals surface area contributed by atoms with E-state index < -0.39 is 10.0 Å². The summed E-state index contributed by atoms with van der Waals surface area (Å²) in [4.78, 5) is 9.62. The molecule has 2 atom stereocenters. The Bertz CT molecular complexity index is 1150. The second kappa shape index (κ2) is 6.93. The minimum absolute atomic E-state index is 0.0712. The largest absolute Gasteiger partial charge is 0.497 e. The van der Waals surface area contributed by atoms with E-state index in [2.05, 4.69) is 4.98 Å². The number of benzene rings is 2. The van der Waals surface area contributed by atoms with Crippen molar-refractivity contribution in [3.8, 4) is 17.1 Å². The molecule has 0 unspecified atom stereocenters. The van der Waals surface area contributed by atoms with Gasteiger partial charge in [-0.1, -0.05) is 30.3 Å². The molecule has 2 aliphatic heterocycles. The Labute approximate surface area is 170 Å². The van der Waals surface area contributed by atoms with Gasteiger partial charge in [0.1, 0.15) is 5.75 Å². The second-order valence-corrected chi connectivity index (χ2v) is 9.27. The zero-order valence-electron chi connectivity index (χ0n) is 16.0. The van der Waals surface area contributed by atoms with Gasteiger partial charge >= 0.3 is 0 Å². The fraction of sp³-hybridized carbons (Fsp3) is 0.273. The van der Waals surface area contributed by atoms with Crippen LogP contribution in [-0.2, 0) is 16.4 Å². The van der Waals surface area contributed by atoms with E-state index in [9.17, 15) is 8.42 Å². The van der Waals surface area contributed by atoms with Crippen molar-refractivity contribution in [2.45, 2.75) is 36.2 Å². The molecule has 3 aromatic rings. The van der Waals surface area contributed by atoms with E-state index in [4.69, 9.17) is 9.72 Å². The first-order valence-electron chi connectivity index (χ1n) is 9.67. The van der Waals surface area contributed by atoms with Gasteiger partial charge in [-0.3, -0.25) is 0 Å². The zero-order chi connectivity index (χ0) is 20.0. The van der Waals surface area contributed by atoms with E-state index in [1.807, 2.05) is 36.5 Å². The fourth-order valence-corrected chi connectivity index (χ4v) is 6.24. The topological polar surface area (TPSA) is 72.4 Å². The van der Waals surface area contributed by atoms with Crippen LogP contribution in [0.3, 0.4) is 0 Å². The van der Waals surface area contributed by atoms with Gasteiger partial charge in [0.25, 0.3) is 0 Å². The van der Waals surface area contributed by atoms with Crippen molar-refractivity contribution in [2.24, 2.45) is 0 Å². The van der Waals surface area contributed by atoms with Crippen molar-refractivity contribution in [3.63, 3.8) is 0 Å². The highest BCUT2D eigenvalue weighted by Gasteiger charge is 2.47. The molecule has 0 amide bonds. The normalized spacial score (nSPS) is 21.0. The predicted molar refractivity (Wildman–Crippen MR) is 109 cm³/mol. The molecule has 0 saturated carbocycles. The molecule has 1 aromatic heterocycles. The zero-order valence-corrected chi connectivity index (χ0v) is 16.8. The van der Waals surface area contributed by atoms with Crippen molar-refractivity contribution in [1.82, 2.24) is 14.3 Å². The lowest BCUT2D eigenvalue weighted by molar-refractivity contribution is 0.300. The maximum absolute atomic E-state index is 13.4. The average molecular weight is 407 g/mol. The van der Waals surface area contributed by atoms with Crippen molar-refractivity contribution in [2.75, 3.05) is 7.11 Å². The summed E-state index contributed by atoms with van der Waals surface area (Å²) < 4.78 is 33.6. The third-order valence-electron chi connectivity index (χ3n) is 5.80. The van der Waals surface area contributed by atoms with Crippen molar-refractivity contribution >= 4 is 10.0 Å². The first kappa shape index (κ1) is 18.3. The summed E-state index contributed by atoms with van der Waals surface area (Å²) in [5, 5.41) is 0. The summed E-state index contributed by atoms with van der Waals surface area (Å²) in [5.74, 6) is 1.33. The minimum atomic E-state index is -3.61. The summed E-state index contributed by atoms with van der Waals surface area (Å²) in [6.07, 6.45) is 4.05. The monoisotopic (exact) mass is 407 g/mol. The van der Waals surface area contributed by atoms with E-state index in [1.165, 1.54) is 0 Å². The van der Waals surface area contributed by atoms with Gasteiger partial charge in [0, 0.05) is 29.8 Å². The average Bonchev–Trinajstić information content (AvgIpc) is 3.10. The van der Waals surface area contributed by atoms with Gasteiger partial charge < -0.3 is 4.74 Å². The summed E-state index contributed by atoms with van der Waals surface area (Å²) in [6.45, 7) is 0. The van der Waals surface area contributed by atoms with Crippen LogP contribution in [0, 0.1) is 0 Å². The maximum atomic E-state index is 13.4. The van der Waals surface area contributed by atoms with Crippen LogP contribution < -0.4 is 4.74 Å². The van der Waals surface area contributed by atoms with Crippen LogP contribution in [0.1, 0.15) is 30.1 Å². The number of aromatic nitrogens is 2. The number of hydrogen-bond donors (Lipinski definition) is 0. The number of nitrogens with zero attached hydrogens (tertiary/aromatic N) is 3. The van der Waals surface area contributed by atoms with Crippen LogP contribution in [-0.4, -0.2) is 35.8 Å². The molecule has 3 heterocycles. The number of sulfonamides is 1. The van der Waals surface area contributed by atoms with Gasteiger partial charge in [0.05, 0.1) is 23.7 Å². The van der Waals surface area contributed by atoms with Crippen LogP contribution in [0.5, 0.6) is 5.75 Å². The lowest BCUT2D eigenvalue weighted by atomic mass is 10.0. The number of rotatable bonds is 4. The number of methoxy groups -OCH3 is 1. The summed E-state index contributed by atoms with van der Waals surface area (Å²) >= 11 is 0. The fourth-order valence-electron chi connectivity index (χ4n) is 4.39. The molecule has 29 heavy (non-hydrogen) atoms. The Morgan fingerprint density at radius 1 is 1.03 bits per heavy atom. The molecule has 148 valence electrons. The number of ether oxygens (including phenoxy) is 1. The molecule has 5 rings (SSSR count). The summed E-state index contributed by atoms with van der Waals surface area (Å²) in [5.41, 5.74) is 2.86. The molecular formula is C22H21N3O3S. The third-order valence-corrected chi connectivity index (χ3v) is 7.77. The molecule has 6 nitrogen and oxygen atoms in total. The minimum Gasteiger partial charge on any atom is -0.497 e. The van der Waals surface area contributed by atoms with Crippen LogP contribution in [0.2, 0.25) is 0 Å². The number of hydrogen-bond acceptors (Lipinski definition) is 5. The Kier molecular flexibility index (Phi) is 4.37. The van der Waals surface area contributed by atoms with Gasteiger partial charge in [-0.15, -0.1) is 0 Å². The van der Waals surface area contributed by atoms with E-state index in [1.54, 1.807) is 35.7 Å². The Morgan fingerprint density at radius 2 is 1.79 bits per heavy atom. The summed E-state index contributed by atoms with van der Waals surface area (Å²) in [6, 6.07) is 16.2. The Hall–Kier alpha value is -2.77. The molecule has 2 aliphatic rings. The van der Waals surface area contributed by atoms with Gasteiger partial charge in [-0.2, -0.15) is 4.31 Å². The van der Waals surface area contributed by atoms with Crippen molar-refractivity contribution in [3.05, 3.63) is 72.1 Å². The second-order valence-electron chi connectivity index (χ2n) is 7.42. The quantitative estimate of drug-likeness (QED) is 0.661. The highest BCUT2D eigenvalue weighted by atomic mass is 32.2. The van der Waals surface area contributed by atoms with Gasteiger partial charge in [-0.25, -0.2) is 18.4 Å². The molecule has 0 N–H and O–H groups in total. The molecule has 0 aliphatic carbocycles. The van der Waals surface area contributed by atoms with Gasteiger partial charge in [0.2, 0.25) is 10.0 Å². The van der Waals surface area contributed by atoms with E-state index in [0.29, 0.717) is 22.9 Å². The molecule has 0 spiro atoms. The maximum Gasteiger partial charge on any atom is 0.243 e. The smallest absolute Gasteiger partial charge is 0.243 e. The molecule has 1 fully saturated rings. The number of fused-ring (bicyclic) bond motifs is 4. The highest BCUT2D eigenvalue weighted by molar-refractivity contribution is 7.89. The molecule has 1 saturated heterocycles. The Morgan fingerprint density at radius 3 is 2.52 bits per heavy atom. The van der Waals surface area contributed by atoms with Gasteiger partial charge in [0.15, 0.2) is 5.82 Å². The summed E-state index contributed by atoms with van der Waals surface area (Å²) in [7, 11) is -2.04. The predicted octanol–water partition coefficient (Wildman–Crippen LogP) is 3.60. The lowest BCUT2D eigenvalue weighted by Crippen LogP contribution is -2.42. The van der Waals surface area contributed by atoms with Crippen LogP contribution in [0.25, 0.3) is 11.4 Å². The van der Waals surface area contributed by atoms with Gasteiger partial charge in [-0.05, 0) is 37.1 Å². The van der Waals surface area contributed by atoms with Crippen LogP contribution in [0.15, 0.2) is 65.7 Å². The SMILES string of the molecule is COc1ccc(S(=O)(=O)N2[C@H]3CC[C@@H]2c2cnc(-c4ccccc4)nc2C3)cc1. The molecule has 2 bridgehead atoms. The van der Waals surface area contributed by atoms with Crippen LogP contribution in [0.4, 0.5) is 0 Å². The molecule has 0 radical (unpaired) electrons. The van der Waals surface area contributed by atoms with Crippen molar-refractivity contribution in [1.29, 1.82) is 0 Å². The molecule has 2 aromatic carbocycles. The highest BCUT2D eigenvalue weighted by Crippen LogP contribution is 2.46. The standard InChI is InChI=1S/C22H21N3O3S/c1-28-17-8-10-18(11-9-17)29(26,27)25-16-7-12-21(25)19-14-23-22(24-20(19)13-16)15-5-3-2-4-6-15/h2-6,8-11,14,16,21H,7,12-13H2,1H3/t16-,21+/m0/s1. The Balaban J connectivity index is 1.51. The van der Waals surface area contributed by atoms with E-state index in [0.717, 1.165) is 29.7 Å². The van der Waals surface area contributed by atoms with E-state index >= 15 is 0 Å². The first-order valence-corrected chi connectivity index (χ1v) is 11.1. The first-order chi connectivity index (χ1) is 14.1. The van der Waals surface area contributed by atoms with Crippen LogP contribution >= 0.6 is 0 Å². The lowest BCUT2D eigenvalue weighted by Gasteiger charge is -2.34. The molecular weight excluding hydrogens is 386 g/mol. The van der Waals surface area contributed by atoms with Crippen molar-refractivity contribution < 1.29 is 13.2 Å².